The number of phenols is 2. The molecule has 1 aliphatic heterocycles. The number of hydrogen-bond donors (Lipinski definition) is 7. The molecule has 32 nitrogen and oxygen atoms in total. The number of rotatable bonds is 14. The van der Waals surface area contributed by atoms with E-state index in [1.807, 2.05) is 131 Å². The zero-order chi connectivity index (χ0) is 92.3. The van der Waals surface area contributed by atoms with Gasteiger partial charge in [0.05, 0.1) is 69.3 Å². The summed E-state index contributed by atoms with van der Waals surface area (Å²) in [6, 6.07) is 43.2. The van der Waals surface area contributed by atoms with Crippen molar-refractivity contribution in [1.29, 1.82) is 0 Å². The zero-order valence-corrected chi connectivity index (χ0v) is 76.0. The predicted molar refractivity (Wildman–Crippen MR) is 520 cm³/mol. The van der Waals surface area contributed by atoms with Crippen LogP contribution in [-0.2, 0) is 30.9 Å². The summed E-state index contributed by atoms with van der Waals surface area (Å²) in [7, 11) is 0. The second-order valence-corrected chi connectivity index (χ2v) is 35.7. The quantitative estimate of drug-likeness (QED) is 0.0393. The van der Waals surface area contributed by atoms with Gasteiger partial charge < -0.3 is 61.3 Å². The molecular formula is C99H96FIN24O8. The standard InChI is InChI=1S/C26H23FN6O2.C26H24N6O2.C26H28N6O2.C21H21IN6O2/c1-14-4-2-5-15-9-19(33(18-6-3-7-18)26(35)21(14)15)12-32-25-22(24(28)29-13-30-25)23(31-32)16-8-17(27)11-20(34)10-16;1-15-5-2-6-16-11-19(32(18-8-4-9-18)26(34)21(15)16)13-31-25-22(24(27)28-14-29-25)23(30-31)17-7-3-10-20(33)12-17;1-16-7-6-8-18-13-20(32(26(34)22(16)18)19-9-4-3-5-10-19)14-31-25-23(24(27)28-15-29-25)21(30-31)12-11-17(2)33;1-12-3-2-4-13-9-15(28(21(29)16(12)13)14-5-7-30-8-6-14)10-27-20-17(18(22)26-27)19(23)24-11-25-20/h2,4-5,8-11,13,18,34H,3,6-7,12H2,1H3,(H2,28,29,30);2-3,5-7,10-12,14,18,33H,4,8-9,13H2,1H3,(H2,27,28,29);6-8,13,15,17,19,33H,3-5,9-10,14H2,1-2H3,(H2,27,28,29);2-4,9,11,14H,5-8,10H2,1H3,(H2,23,24,25)/t;;17-;/m..1./s1. The maximum absolute atomic E-state index is 14.1. The number of anilines is 4. The lowest BCUT2D eigenvalue weighted by Gasteiger charge is -2.30. The first-order chi connectivity index (χ1) is 64.4. The van der Waals surface area contributed by atoms with Crippen molar-refractivity contribution in [1.82, 2.24) is 97.3 Å². The average Bonchev–Trinajstić information content (AvgIpc) is 1.72. The molecule has 674 valence electrons. The van der Waals surface area contributed by atoms with Crippen molar-refractivity contribution in [2.24, 2.45) is 0 Å². The number of nitrogens with zero attached hydrogens (tertiary/aromatic N) is 20. The molecule has 0 amide bonds. The van der Waals surface area contributed by atoms with Crippen molar-refractivity contribution in [2.75, 3.05) is 36.1 Å². The third-order valence-electron chi connectivity index (χ3n) is 26.0. The van der Waals surface area contributed by atoms with Crippen LogP contribution in [0, 0.1) is 49.1 Å². The summed E-state index contributed by atoms with van der Waals surface area (Å²) < 4.78 is 35.1. The summed E-state index contributed by atoms with van der Waals surface area (Å²) in [6.07, 6.45) is 18.0. The number of benzene rings is 6. The van der Waals surface area contributed by atoms with E-state index in [4.69, 9.17) is 37.9 Å². The van der Waals surface area contributed by atoms with Crippen LogP contribution in [0.15, 0.2) is 184 Å². The number of pyridine rings is 4. The van der Waals surface area contributed by atoms with Crippen LogP contribution in [0.25, 0.3) is 110 Å². The van der Waals surface area contributed by atoms with Crippen molar-refractivity contribution in [3.63, 3.8) is 0 Å². The van der Waals surface area contributed by atoms with E-state index in [0.29, 0.717) is 106 Å². The number of phenolic OH excluding ortho intramolecular Hbond substituents is 2. The van der Waals surface area contributed by atoms with Crippen LogP contribution < -0.4 is 45.2 Å². The topological polar surface area (TPSA) is 436 Å². The van der Waals surface area contributed by atoms with E-state index in [9.17, 15) is 38.9 Å². The highest BCUT2D eigenvalue weighted by Crippen LogP contribution is 2.40. The molecule has 4 aliphatic rings. The van der Waals surface area contributed by atoms with Gasteiger partial charge >= 0.3 is 0 Å². The molecule has 0 unspecified atom stereocenters. The number of aromatic nitrogens is 20. The van der Waals surface area contributed by atoms with Crippen molar-refractivity contribution < 1.29 is 24.4 Å². The Hall–Kier alpha value is -14.7. The Bertz CT molecular complexity index is 7980. The van der Waals surface area contributed by atoms with Crippen LogP contribution in [-0.4, -0.2) is 132 Å². The highest BCUT2D eigenvalue weighted by atomic mass is 127. The van der Waals surface area contributed by atoms with Crippen molar-refractivity contribution >= 4 is 133 Å². The Morgan fingerprint density at radius 2 is 0.759 bits per heavy atom. The van der Waals surface area contributed by atoms with Gasteiger partial charge in [-0.15, -0.1) is 0 Å². The first-order valence-electron chi connectivity index (χ1n) is 44.5. The van der Waals surface area contributed by atoms with Crippen LogP contribution in [0.3, 0.4) is 0 Å². The monoisotopic (exact) mass is 1890 g/mol. The first kappa shape index (κ1) is 87.6. The molecule has 34 heteroatoms. The van der Waals surface area contributed by atoms with Gasteiger partial charge in [-0.25, -0.2) is 63.0 Å². The van der Waals surface area contributed by atoms with Gasteiger partial charge in [0.25, 0.3) is 22.2 Å². The summed E-state index contributed by atoms with van der Waals surface area (Å²) in [5.41, 5.74) is 36.9. The average molecular weight is 1900 g/mol. The van der Waals surface area contributed by atoms with Crippen LogP contribution in [0.1, 0.15) is 165 Å². The van der Waals surface area contributed by atoms with E-state index in [-0.39, 0.29) is 76.1 Å². The maximum atomic E-state index is 14.1. The van der Waals surface area contributed by atoms with Crippen LogP contribution in [0.4, 0.5) is 27.7 Å². The molecule has 0 spiro atoms. The fraction of sp³-hybridized carbons (Fsp3) is 0.293. The number of ether oxygens (including phenoxy) is 1. The molecule has 0 bridgehead atoms. The van der Waals surface area contributed by atoms with E-state index in [2.05, 4.69) is 103 Å². The minimum atomic E-state index is -0.800. The van der Waals surface area contributed by atoms with Crippen molar-refractivity contribution in [2.45, 2.75) is 175 Å². The predicted octanol–water partition coefficient (Wildman–Crippen LogP) is 14.8. The van der Waals surface area contributed by atoms with Gasteiger partial charge in [0.2, 0.25) is 0 Å². The largest absolute Gasteiger partial charge is 0.508 e. The second kappa shape index (κ2) is 36.6. The van der Waals surface area contributed by atoms with E-state index >= 15 is 0 Å². The molecule has 133 heavy (non-hydrogen) atoms. The summed E-state index contributed by atoms with van der Waals surface area (Å²) in [5, 5.41) is 57.5. The molecule has 18 aromatic rings. The minimum Gasteiger partial charge on any atom is -0.508 e. The van der Waals surface area contributed by atoms with Gasteiger partial charge in [-0.05, 0) is 220 Å². The van der Waals surface area contributed by atoms with E-state index in [1.165, 1.54) is 43.9 Å². The first-order valence-corrected chi connectivity index (χ1v) is 45.6. The van der Waals surface area contributed by atoms with Crippen LogP contribution >= 0.6 is 22.6 Å². The number of fused-ring (bicyclic) bond motifs is 8. The summed E-state index contributed by atoms with van der Waals surface area (Å²) in [6.45, 7) is 12.2. The Balaban J connectivity index is 0.000000114. The molecule has 13 heterocycles. The molecule has 11 N–H and O–H groups in total. The molecule has 12 aromatic heterocycles. The third-order valence-corrected chi connectivity index (χ3v) is 26.7. The lowest BCUT2D eigenvalue weighted by Crippen LogP contribution is -2.32. The molecular weight excluding hydrogens is 1800 g/mol. The number of aliphatic hydroxyl groups excluding tert-OH is 1. The van der Waals surface area contributed by atoms with E-state index < -0.39 is 11.9 Å². The maximum Gasteiger partial charge on any atom is 0.259 e. The van der Waals surface area contributed by atoms with Gasteiger partial charge in [-0.3, -0.25) is 19.2 Å². The van der Waals surface area contributed by atoms with E-state index in [0.717, 1.165) is 186 Å². The lowest BCUT2D eigenvalue weighted by molar-refractivity contribution is 0.0679. The molecule has 3 aliphatic carbocycles. The molecule has 1 atom stereocenters. The van der Waals surface area contributed by atoms with Gasteiger partial charge in [0.15, 0.2) is 22.6 Å². The molecule has 22 rings (SSSR count). The van der Waals surface area contributed by atoms with Crippen LogP contribution in [0.2, 0.25) is 0 Å². The van der Waals surface area contributed by atoms with Gasteiger partial charge in [-0.2, -0.15) is 20.4 Å². The minimum absolute atomic E-state index is 0.00109. The zero-order valence-electron chi connectivity index (χ0n) is 73.8. The summed E-state index contributed by atoms with van der Waals surface area (Å²) >= 11 is 2.15. The normalized spacial score (nSPS) is 14.6. The highest BCUT2D eigenvalue weighted by Gasteiger charge is 2.32. The Morgan fingerprint density at radius 3 is 1.16 bits per heavy atom. The van der Waals surface area contributed by atoms with Crippen LogP contribution in [0.5, 0.6) is 11.5 Å². The molecule has 4 fully saturated rings. The number of aliphatic hydroxyl groups is 1. The molecule has 1 saturated heterocycles. The SMILES string of the molecule is Cc1cccc2cc(Cn3nc(-c4cc(O)cc(F)c4)c4c(N)ncnc43)n(C3CCC3)c(=O)c12.Cc1cccc2cc(Cn3nc(-c4cccc(O)c4)c4c(N)ncnc43)n(C3CCC3)c(=O)c12.Cc1cccc2cc(Cn3nc(C#C[C@@H](C)O)c4c(N)ncnc43)n(C3CCCCC3)c(=O)c12.Cc1cccc2cc(Cn3nc(I)c4c(N)ncnc43)n(C3CCOCC3)c(=O)c12. The number of hydrogen-bond acceptors (Lipinski definition) is 24. The fourth-order valence-electron chi connectivity index (χ4n) is 19.2. The Kier molecular flexibility index (Phi) is 24.1. The number of aryl methyl sites for hydroxylation is 4. The molecule has 0 radical (unpaired) electrons. The fourth-order valence-corrected chi connectivity index (χ4v) is 20.0. The summed E-state index contributed by atoms with van der Waals surface area (Å²) in [4.78, 5) is 88.8. The van der Waals surface area contributed by atoms with Crippen molar-refractivity contribution in [3.05, 3.63) is 266 Å². The van der Waals surface area contributed by atoms with E-state index in [1.54, 1.807) is 43.9 Å². The second-order valence-electron chi connectivity index (χ2n) is 34.7. The van der Waals surface area contributed by atoms with Gasteiger partial charge in [0, 0.05) is 77.4 Å². The highest BCUT2D eigenvalue weighted by molar-refractivity contribution is 14.1. The van der Waals surface area contributed by atoms with Gasteiger partial charge in [0.1, 0.15) is 92.8 Å². The molecule has 6 aromatic carbocycles. The number of nitrogen functional groups attached to an aromatic ring is 4. The lowest BCUT2D eigenvalue weighted by atomic mass is 9.91. The Labute approximate surface area is 773 Å². The number of aromatic hydroxyl groups is 2. The smallest absolute Gasteiger partial charge is 0.259 e. The third kappa shape index (κ3) is 16.8. The van der Waals surface area contributed by atoms with Gasteiger partial charge in [-0.1, -0.05) is 110 Å². The van der Waals surface area contributed by atoms with Crippen molar-refractivity contribution in [3.8, 4) is 45.9 Å². The Morgan fingerprint density at radius 1 is 0.406 bits per heavy atom. The molecule has 3 saturated carbocycles. The number of nitrogens with two attached hydrogens (primary N) is 4. The summed E-state index contributed by atoms with van der Waals surface area (Å²) in [5.74, 6) is 6.16. The number of halogens is 2.